The van der Waals surface area contributed by atoms with E-state index < -0.39 is 11.4 Å². The summed E-state index contributed by atoms with van der Waals surface area (Å²) in [6.45, 7) is 3.79. The van der Waals surface area contributed by atoms with Crippen LogP contribution in [0, 0.1) is 0 Å². The number of hydrogen-bond acceptors (Lipinski definition) is 2. The standard InChI is InChI=1S/C15H20O3/c1-15(2,9-13(17)18)14-11-6-4-3-5-10(11)7-8-12(14)16/h7-8,16H,3-6,9H2,1-2H3,(H,17,18). The number of carboxylic acid groups (broad SMARTS) is 1. The molecule has 0 heterocycles. The molecule has 3 heteroatoms. The second-order valence-electron chi connectivity index (χ2n) is 5.76. The van der Waals surface area contributed by atoms with Crippen molar-refractivity contribution in [1.29, 1.82) is 0 Å². The van der Waals surface area contributed by atoms with Crippen LogP contribution in [0.2, 0.25) is 0 Å². The molecule has 0 radical (unpaired) electrons. The lowest BCUT2D eigenvalue weighted by molar-refractivity contribution is -0.138. The predicted octanol–water partition coefficient (Wildman–Crippen LogP) is 3.02. The minimum atomic E-state index is -0.826. The second-order valence-corrected chi connectivity index (χ2v) is 5.76. The van der Waals surface area contributed by atoms with Gasteiger partial charge < -0.3 is 10.2 Å². The van der Waals surface area contributed by atoms with Gasteiger partial charge in [0.1, 0.15) is 5.75 Å². The van der Waals surface area contributed by atoms with Gasteiger partial charge in [-0.1, -0.05) is 19.9 Å². The Morgan fingerprint density at radius 1 is 1.28 bits per heavy atom. The molecule has 0 aromatic heterocycles. The topological polar surface area (TPSA) is 57.5 Å². The lowest BCUT2D eigenvalue weighted by Gasteiger charge is -2.30. The summed E-state index contributed by atoms with van der Waals surface area (Å²) in [4.78, 5) is 11.0. The van der Waals surface area contributed by atoms with E-state index in [-0.39, 0.29) is 12.2 Å². The van der Waals surface area contributed by atoms with Gasteiger partial charge in [-0.2, -0.15) is 0 Å². The highest BCUT2D eigenvalue weighted by Crippen LogP contribution is 2.40. The molecule has 0 amide bonds. The first-order valence-electron chi connectivity index (χ1n) is 6.48. The van der Waals surface area contributed by atoms with Crippen molar-refractivity contribution in [3.63, 3.8) is 0 Å². The summed E-state index contributed by atoms with van der Waals surface area (Å²) < 4.78 is 0. The maximum Gasteiger partial charge on any atom is 0.304 e. The number of rotatable bonds is 3. The number of carboxylic acids is 1. The first kappa shape index (κ1) is 12.9. The first-order chi connectivity index (χ1) is 8.42. The molecule has 0 bridgehead atoms. The van der Waals surface area contributed by atoms with Gasteiger partial charge in [0.2, 0.25) is 0 Å². The number of fused-ring (bicyclic) bond motifs is 1. The smallest absolute Gasteiger partial charge is 0.304 e. The summed E-state index contributed by atoms with van der Waals surface area (Å²) in [7, 11) is 0. The Kier molecular flexibility index (Phi) is 3.33. The molecule has 0 atom stereocenters. The Morgan fingerprint density at radius 3 is 2.61 bits per heavy atom. The molecule has 3 nitrogen and oxygen atoms in total. The zero-order valence-corrected chi connectivity index (χ0v) is 11.0. The van der Waals surface area contributed by atoms with Crippen LogP contribution in [-0.2, 0) is 23.1 Å². The van der Waals surface area contributed by atoms with Crippen molar-refractivity contribution in [3.05, 3.63) is 28.8 Å². The van der Waals surface area contributed by atoms with Crippen molar-refractivity contribution in [3.8, 4) is 5.75 Å². The zero-order valence-electron chi connectivity index (χ0n) is 11.0. The van der Waals surface area contributed by atoms with Gasteiger partial charge in [0.15, 0.2) is 0 Å². The summed E-state index contributed by atoms with van der Waals surface area (Å²) in [5, 5.41) is 19.1. The van der Waals surface area contributed by atoms with Crippen molar-refractivity contribution in [2.45, 2.75) is 51.4 Å². The molecule has 1 aromatic rings. The van der Waals surface area contributed by atoms with Crippen LogP contribution in [-0.4, -0.2) is 16.2 Å². The van der Waals surface area contributed by atoms with Crippen molar-refractivity contribution >= 4 is 5.97 Å². The van der Waals surface area contributed by atoms with Gasteiger partial charge in [0, 0.05) is 11.0 Å². The van der Waals surface area contributed by atoms with Gasteiger partial charge >= 0.3 is 5.97 Å². The number of aromatic hydroxyl groups is 1. The summed E-state index contributed by atoms with van der Waals surface area (Å²) in [6, 6.07) is 3.69. The van der Waals surface area contributed by atoms with Crippen molar-refractivity contribution in [2.75, 3.05) is 0 Å². The Balaban J connectivity index is 2.51. The van der Waals surface area contributed by atoms with Crippen molar-refractivity contribution < 1.29 is 15.0 Å². The molecule has 0 saturated heterocycles. The van der Waals surface area contributed by atoms with E-state index in [1.54, 1.807) is 6.07 Å². The van der Waals surface area contributed by atoms with Gasteiger partial charge in [0.05, 0.1) is 6.42 Å². The average molecular weight is 248 g/mol. The van der Waals surface area contributed by atoms with Crippen LogP contribution >= 0.6 is 0 Å². The number of aliphatic carboxylic acids is 1. The van der Waals surface area contributed by atoms with E-state index in [0.717, 1.165) is 24.8 Å². The molecule has 2 N–H and O–H groups in total. The molecule has 0 saturated carbocycles. The monoisotopic (exact) mass is 248 g/mol. The number of carbonyl (C=O) groups is 1. The molecule has 1 aromatic carbocycles. The molecule has 2 rings (SSSR count). The van der Waals surface area contributed by atoms with Gasteiger partial charge in [-0.25, -0.2) is 0 Å². The van der Waals surface area contributed by atoms with Crippen molar-refractivity contribution in [2.24, 2.45) is 0 Å². The van der Waals surface area contributed by atoms with E-state index in [1.165, 1.54) is 17.5 Å². The minimum Gasteiger partial charge on any atom is -0.508 e. The Bertz CT molecular complexity index is 475. The second kappa shape index (κ2) is 4.63. The summed E-state index contributed by atoms with van der Waals surface area (Å²) in [5.74, 6) is -0.588. The third-order valence-electron chi connectivity index (χ3n) is 3.78. The first-order valence-corrected chi connectivity index (χ1v) is 6.48. The SMILES string of the molecule is CC(C)(CC(=O)O)c1c(O)ccc2c1CCCC2. The van der Waals surface area contributed by atoms with Crippen LogP contribution in [0.15, 0.2) is 12.1 Å². The van der Waals surface area contributed by atoms with E-state index in [0.29, 0.717) is 0 Å². The van der Waals surface area contributed by atoms with E-state index in [9.17, 15) is 9.90 Å². The number of phenolic OH excluding ortho intramolecular Hbond substituents is 1. The molecule has 0 fully saturated rings. The molecular formula is C15H20O3. The fraction of sp³-hybridized carbons (Fsp3) is 0.533. The molecule has 98 valence electrons. The molecule has 0 aliphatic heterocycles. The fourth-order valence-electron chi connectivity index (χ4n) is 3.04. The predicted molar refractivity (Wildman–Crippen MR) is 70.0 cm³/mol. The van der Waals surface area contributed by atoms with Gasteiger partial charge in [-0.3, -0.25) is 4.79 Å². The molecule has 18 heavy (non-hydrogen) atoms. The number of benzene rings is 1. The van der Waals surface area contributed by atoms with Gasteiger partial charge in [-0.05, 0) is 42.9 Å². The molecular weight excluding hydrogens is 228 g/mol. The van der Waals surface area contributed by atoms with Crippen LogP contribution in [0.4, 0.5) is 0 Å². The van der Waals surface area contributed by atoms with E-state index >= 15 is 0 Å². The lowest BCUT2D eigenvalue weighted by atomic mass is 9.74. The molecule has 1 aliphatic rings. The lowest BCUT2D eigenvalue weighted by Crippen LogP contribution is -2.25. The van der Waals surface area contributed by atoms with E-state index in [4.69, 9.17) is 5.11 Å². The van der Waals surface area contributed by atoms with Gasteiger partial charge in [0.25, 0.3) is 0 Å². The summed E-state index contributed by atoms with van der Waals surface area (Å²) in [6.07, 6.45) is 4.31. The molecule has 0 unspecified atom stereocenters. The Hall–Kier alpha value is -1.51. The fourth-order valence-corrected chi connectivity index (χ4v) is 3.04. The van der Waals surface area contributed by atoms with E-state index in [1.807, 2.05) is 19.9 Å². The molecule has 1 aliphatic carbocycles. The largest absolute Gasteiger partial charge is 0.508 e. The highest BCUT2D eigenvalue weighted by Gasteiger charge is 2.31. The third-order valence-corrected chi connectivity index (χ3v) is 3.78. The normalized spacial score (nSPS) is 15.2. The Morgan fingerprint density at radius 2 is 1.94 bits per heavy atom. The summed E-state index contributed by atoms with van der Waals surface area (Å²) >= 11 is 0. The van der Waals surface area contributed by atoms with Crippen LogP contribution < -0.4 is 0 Å². The quantitative estimate of drug-likeness (QED) is 0.864. The highest BCUT2D eigenvalue weighted by atomic mass is 16.4. The maximum atomic E-state index is 11.0. The number of hydrogen-bond donors (Lipinski definition) is 2. The molecule has 0 spiro atoms. The third kappa shape index (κ3) is 2.35. The Labute approximate surface area is 107 Å². The average Bonchev–Trinajstić information content (AvgIpc) is 2.26. The minimum absolute atomic E-state index is 0.0387. The van der Waals surface area contributed by atoms with E-state index in [2.05, 4.69) is 0 Å². The summed E-state index contributed by atoms with van der Waals surface area (Å²) in [5.41, 5.74) is 2.75. The zero-order chi connectivity index (χ0) is 13.3. The van der Waals surface area contributed by atoms with Crippen LogP contribution in [0.1, 0.15) is 49.8 Å². The number of aryl methyl sites for hydroxylation is 1. The van der Waals surface area contributed by atoms with Crippen LogP contribution in [0.3, 0.4) is 0 Å². The maximum absolute atomic E-state index is 11.0. The van der Waals surface area contributed by atoms with Crippen LogP contribution in [0.25, 0.3) is 0 Å². The number of phenols is 1. The van der Waals surface area contributed by atoms with Crippen molar-refractivity contribution in [1.82, 2.24) is 0 Å². The van der Waals surface area contributed by atoms with Crippen LogP contribution in [0.5, 0.6) is 5.75 Å². The van der Waals surface area contributed by atoms with Gasteiger partial charge in [-0.15, -0.1) is 0 Å². The highest BCUT2D eigenvalue weighted by molar-refractivity contribution is 5.69.